The van der Waals surface area contributed by atoms with E-state index in [1.54, 1.807) is 0 Å². The number of hydrogen-bond donors (Lipinski definition) is 1. The molecule has 0 spiro atoms. The number of imidazole rings is 1. The predicted molar refractivity (Wildman–Crippen MR) is 81.4 cm³/mol. The molecule has 0 amide bonds. The fraction of sp³-hybridized carbons (Fsp3) is 0.467. The van der Waals surface area contributed by atoms with Crippen LogP contribution in [0.5, 0.6) is 0 Å². The van der Waals surface area contributed by atoms with Crippen LogP contribution in [0.15, 0.2) is 24.5 Å². The largest absolute Gasteiger partial charge is 0.352 e. The summed E-state index contributed by atoms with van der Waals surface area (Å²) in [6.45, 7) is 3.44. The zero-order valence-electron chi connectivity index (χ0n) is 12.5. The summed E-state index contributed by atoms with van der Waals surface area (Å²) in [4.78, 5) is 11.2. The van der Waals surface area contributed by atoms with Gasteiger partial charge in [0.15, 0.2) is 0 Å². The van der Waals surface area contributed by atoms with Gasteiger partial charge in [0.25, 0.3) is 0 Å². The van der Waals surface area contributed by atoms with E-state index in [1.807, 2.05) is 31.1 Å². The Morgan fingerprint density at radius 1 is 1.35 bits per heavy atom. The first kappa shape index (κ1) is 14.5. The Hall–Kier alpha value is -1.88. The summed E-state index contributed by atoms with van der Waals surface area (Å²) < 4.78 is 2.02. The Morgan fingerprint density at radius 2 is 2.15 bits per heavy atom. The molecule has 0 radical (unpaired) electrons. The van der Waals surface area contributed by atoms with E-state index in [2.05, 4.69) is 28.9 Å². The van der Waals surface area contributed by atoms with Crippen LogP contribution in [0.2, 0.25) is 0 Å². The van der Waals surface area contributed by atoms with Gasteiger partial charge in [-0.05, 0) is 24.1 Å². The topological polar surface area (TPSA) is 60.0 Å². The van der Waals surface area contributed by atoms with Crippen LogP contribution in [-0.4, -0.2) is 21.6 Å². The fourth-order valence-electron chi connectivity index (χ4n) is 2.17. The van der Waals surface area contributed by atoms with Crippen LogP contribution in [0.3, 0.4) is 0 Å². The molecule has 108 valence electrons. The van der Waals surface area contributed by atoms with Gasteiger partial charge in [0, 0.05) is 38.7 Å². The first-order valence-electron chi connectivity index (χ1n) is 7.01. The number of aryl methyl sites for hydroxylation is 2. The quantitative estimate of drug-likeness (QED) is 0.872. The lowest BCUT2D eigenvalue weighted by Gasteiger charge is -2.19. The fourth-order valence-corrected chi connectivity index (χ4v) is 2.17. The molecule has 5 nitrogen and oxygen atoms in total. The molecule has 2 N–H and O–H groups in total. The summed E-state index contributed by atoms with van der Waals surface area (Å²) in [5, 5.41) is 0. The van der Waals surface area contributed by atoms with Gasteiger partial charge in [-0.2, -0.15) is 0 Å². The minimum atomic E-state index is 0.544. The van der Waals surface area contributed by atoms with Crippen molar-refractivity contribution in [1.29, 1.82) is 0 Å². The summed E-state index contributed by atoms with van der Waals surface area (Å²) in [7, 11) is 4.04. The number of pyridine rings is 1. The van der Waals surface area contributed by atoms with E-state index in [1.165, 1.54) is 0 Å². The molecule has 0 saturated heterocycles. The summed E-state index contributed by atoms with van der Waals surface area (Å²) in [6, 6.07) is 4.16. The Balaban J connectivity index is 2.22. The van der Waals surface area contributed by atoms with Crippen molar-refractivity contribution in [1.82, 2.24) is 14.5 Å². The third-order valence-electron chi connectivity index (χ3n) is 3.36. The van der Waals surface area contributed by atoms with E-state index in [-0.39, 0.29) is 0 Å². The van der Waals surface area contributed by atoms with Crippen LogP contribution in [0, 0.1) is 0 Å². The highest BCUT2D eigenvalue weighted by Crippen LogP contribution is 2.16. The van der Waals surface area contributed by atoms with E-state index < -0.39 is 0 Å². The zero-order valence-corrected chi connectivity index (χ0v) is 12.5. The van der Waals surface area contributed by atoms with E-state index in [0.29, 0.717) is 6.54 Å². The highest BCUT2D eigenvalue weighted by Gasteiger charge is 2.09. The summed E-state index contributed by atoms with van der Waals surface area (Å²) in [5.41, 5.74) is 8.02. The first-order chi connectivity index (χ1) is 9.63. The van der Waals surface area contributed by atoms with Crippen LogP contribution in [-0.2, 0) is 26.6 Å². The van der Waals surface area contributed by atoms with Gasteiger partial charge in [0.2, 0.25) is 0 Å². The average molecular weight is 273 g/mol. The normalized spacial score (nSPS) is 10.8. The Morgan fingerprint density at radius 3 is 2.75 bits per heavy atom. The molecule has 0 aliphatic carbocycles. The van der Waals surface area contributed by atoms with Gasteiger partial charge in [-0.25, -0.2) is 9.97 Å². The Labute approximate surface area is 120 Å². The molecule has 2 aromatic heterocycles. The first-order valence-corrected chi connectivity index (χ1v) is 7.01. The molecule has 20 heavy (non-hydrogen) atoms. The van der Waals surface area contributed by atoms with Crippen molar-refractivity contribution in [2.75, 3.05) is 11.9 Å². The van der Waals surface area contributed by atoms with E-state index in [0.717, 1.165) is 42.3 Å². The Bertz CT molecular complexity index is 561. The highest BCUT2D eigenvalue weighted by atomic mass is 15.2. The molecule has 2 rings (SSSR count). The van der Waals surface area contributed by atoms with Crippen LogP contribution in [0.25, 0.3) is 0 Å². The van der Waals surface area contributed by atoms with E-state index in [9.17, 15) is 0 Å². The summed E-state index contributed by atoms with van der Waals surface area (Å²) in [5.74, 6) is 1.98. The molecule has 2 heterocycles. The van der Waals surface area contributed by atoms with Gasteiger partial charge in [-0.1, -0.05) is 13.3 Å². The maximum absolute atomic E-state index is 5.78. The van der Waals surface area contributed by atoms with Gasteiger partial charge < -0.3 is 15.2 Å². The standard InChI is InChI=1S/C15H23N5/c1-4-5-13-8-12(10-16)9-14(18-13)20(3)11-15-17-6-7-19(15)2/h6-9H,4-5,10-11,16H2,1-3H3. The molecule has 0 unspecified atom stereocenters. The number of rotatable bonds is 6. The molecule has 0 bridgehead atoms. The van der Waals surface area contributed by atoms with Crippen molar-refractivity contribution < 1.29 is 0 Å². The molecule has 5 heteroatoms. The maximum atomic E-state index is 5.78. The second-order valence-corrected chi connectivity index (χ2v) is 5.09. The predicted octanol–water partition coefficient (Wildman–Crippen LogP) is 1.86. The summed E-state index contributed by atoms with van der Waals surface area (Å²) >= 11 is 0. The minimum absolute atomic E-state index is 0.544. The number of aromatic nitrogens is 3. The lowest BCUT2D eigenvalue weighted by Crippen LogP contribution is -2.21. The molecule has 0 atom stereocenters. The third-order valence-corrected chi connectivity index (χ3v) is 3.36. The van der Waals surface area contributed by atoms with Crippen LogP contribution < -0.4 is 10.6 Å². The number of nitrogens with zero attached hydrogens (tertiary/aromatic N) is 4. The highest BCUT2D eigenvalue weighted by molar-refractivity contribution is 5.42. The molecular weight excluding hydrogens is 250 g/mol. The van der Waals surface area contributed by atoms with Crippen LogP contribution in [0.1, 0.15) is 30.4 Å². The molecule has 0 aromatic carbocycles. The van der Waals surface area contributed by atoms with Crippen molar-refractivity contribution in [3.05, 3.63) is 41.6 Å². The van der Waals surface area contributed by atoms with E-state index in [4.69, 9.17) is 10.7 Å². The molecule has 0 fully saturated rings. The lowest BCUT2D eigenvalue weighted by molar-refractivity contribution is 0.750. The minimum Gasteiger partial charge on any atom is -0.352 e. The van der Waals surface area contributed by atoms with Gasteiger partial charge in [-0.15, -0.1) is 0 Å². The van der Waals surface area contributed by atoms with Gasteiger partial charge in [0.05, 0.1) is 6.54 Å². The van der Waals surface area contributed by atoms with Crippen LogP contribution >= 0.6 is 0 Å². The second-order valence-electron chi connectivity index (χ2n) is 5.09. The van der Waals surface area contributed by atoms with Crippen molar-refractivity contribution in [2.45, 2.75) is 32.9 Å². The second kappa shape index (κ2) is 6.52. The maximum Gasteiger partial charge on any atom is 0.129 e. The lowest BCUT2D eigenvalue weighted by atomic mass is 10.1. The average Bonchev–Trinajstić information content (AvgIpc) is 2.84. The van der Waals surface area contributed by atoms with E-state index >= 15 is 0 Å². The molecule has 0 saturated carbocycles. The van der Waals surface area contributed by atoms with Crippen molar-refractivity contribution in [3.8, 4) is 0 Å². The van der Waals surface area contributed by atoms with Crippen molar-refractivity contribution in [2.24, 2.45) is 12.8 Å². The van der Waals surface area contributed by atoms with Crippen molar-refractivity contribution >= 4 is 5.82 Å². The van der Waals surface area contributed by atoms with Crippen molar-refractivity contribution in [3.63, 3.8) is 0 Å². The van der Waals surface area contributed by atoms with Gasteiger partial charge in [0.1, 0.15) is 11.6 Å². The summed E-state index contributed by atoms with van der Waals surface area (Å²) in [6.07, 6.45) is 5.84. The third kappa shape index (κ3) is 3.36. The Kier molecular flexibility index (Phi) is 4.74. The molecule has 0 aliphatic heterocycles. The van der Waals surface area contributed by atoms with Crippen LogP contribution in [0.4, 0.5) is 5.82 Å². The zero-order chi connectivity index (χ0) is 14.5. The monoisotopic (exact) mass is 273 g/mol. The molecule has 2 aromatic rings. The smallest absolute Gasteiger partial charge is 0.129 e. The van der Waals surface area contributed by atoms with Gasteiger partial charge in [-0.3, -0.25) is 0 Å². The SMILES string of the molecule is CCCc1cc(CN)cc(N(C)Cc2nccn2C)n1. The molecular formula is C15H23N5. The number of nitrogens with two attached hydrogens (primary N) is 1. The number of hydrogen-bond acceptors (Lipinski definition) is 4. The molecule has 0 aliphatic rings. The number of anilines is 1. The van der Waals surface area contributed by atoms with Gasteiger partial charge >= 0.3 is 0 Å².